The number of rotatable bonds is 2. The number of hydrogen-bond donors (Lipinski definition) is 2. The zero-order valence-electron chi connectivity index (χ0n) is 8.38. The van der Waals surface area contributed by atoms with Crippen LogP contribution in [0.5, 0.6) is 0 Å². The Morgan fingerprint density at radius 3 is 2.69 bits per heavy atom. The van der Waals surface area contributed by atoms with Crippen molar-refractivity contribution in [3.8, 4) is 0 Å². The van der Waals surface area contributed by atoms with Crippen LogP contribution in [0.15, 0.2) is 46.2 Å². The van der Waals surface area contributed by atoms with Crippen molar-refractivity contribution >= 4 is 24.8 Å². The van der Waals surface area contributed by atoms with E-state index in [1.807, 2.05) is 30.3 Å². The first kappa shape index (κ1) is 11.2. The van der Waals surface area contributed by atoms with Crippen molar-refractivity contribution in [2.45, 2.75) is 11.4 Å². The number of benzene rings is 1. The summed E-state index contributed by atoms with van der Waals surface area (Å²) in [6.07, 6.45) is 1.62. The number of thiol groups is 1. The van der Waals surface area contributed by atoms with Gasteiger partial charge < -0.3 is 5.10 Å². The predicted octanol–water partition coefficient (Wildman–Crippen LogP) is 2.24. The third kappa shape index (κ3) is 2.25. The van der Waals surface area contributed by atoms with Crippen LogP contribution in [0.1, 0.15) is 5.56 Å². The van der Waals surface area contributed by atoms with Crippen LogP contribution in [0.25, 0.3) is 0 Å². The predicted molar refractivity (Wildman–Crippen MR) is 68.7 cm³/mol. The molecule has 0 spiro atoms. The van der Waals surface area contributed by atoms with E-state index >= 15 is 0 Å². The van der Waals surface area contributed by atoms with Crippen molar-refractivity contribution in [1.29, 1.82) is 0 Å². The molecule has 1 aromatic carbocycles. The third-order valence-corrected chi connectivity index (χ3v) is 3.11. The summed E-state index contributed by atoms with van der Waals surface area (Å²) in [6.45, 7) is 0.484. The van der Waals surface area contributed by atoms with Gasteiger partial charge in [-0.15, -0.1) is 12.6 Å². The Kier molecular flexibility index (Phi) is 3.26. The number of aromatic nitrogens is 2. The highest BCUT2D eigenvalue weighted by molar-refractivity contribution is 7.81. The van der Waals surface area contributed by atoms with E-state index in [1.54, 1.807) is 6.20 Å². The highest BCUT2D eigenvalue weighted by Gasteiger charge is 2.01. The zero-order chi connectivity index (χ0) is 11.5. The van der Waals surface area contributed by atoms with Gasteiger partial charge in [-0.2, -0.15) is 0 Å². The maximum absolute atomic E-state index is 11.8. The summed E-state index contributed by atoms with van der Waals surface area (Å²) in [5.74, 6) is 0. The molecule has 0 amide bonds. The maximum Gasteiger partial charge on any atom is 0.284 e. The largest absolute Gasteiger partial charge is 0.302 e. The molecule has 0 aliphatic heterocycles. The second-order valence-corrected chi connectivity index (χ2v) is 4.25. The average Bonchev–Trinajstić information content (AvgIpc) is 2.31. The van der Waals surface area contributed by atoms with Crippen molar-refractivity contribution in [3.63, 3.8) is 0 Å². The quantitative estimate of drug-likeness (QED) is 0.633. The van der Waals surface area contributed by atoms with Crippen LogP contribution in [0.3, 0.4) is 0 Å². The molecule has 2 aromatic rings. The van der Waals surface area contributed by atoms with Gasteiger partial charge in [-0.3, -0.25) is 4.79 Å². The fraction of sp³-hybridized carbons (Fsp3) is 0.0909. The number of nitrogens with zero attached hydrogens (tertiary/aromatic N) is 1. The molecule has 0 aliphatic rings. The van der Waals surface area contributed by atoms with Crippen LogP contribution in [-0.4, -0.2) is 9.78 Å². The Hall–Kier alpha value is -1.33. The Morgan fingerprint density at radius 2 is 2.00 bits per heavy atom. The van der Waals surface area contributed by atoms with E-state index in [9.17, 15) is 4.79 Å². The molecule has 0 unspecified atom stereocenters. The number of H-pyrrole nitrogens is 1. The summed E-state index contributed by atoms with van der Waals surface area (Å²) in [4.78, 5) is 12.3. The highest BCUT2D eigenvalue weighted by atomic mass is 32.1. The van der Waals surface area contributed by atoms with Crippen molar-refractivity contribution in [2.24, 2.45) is 0 Å². The standard InChI is InChI=1S/C11H10N2OS2/c14-11-10(16)9(15)6-12-13(11)7-8-4-2-1-3-5-8/h1-6,12,15H,7H2. The molecule has 0 bridgehead atoms. The first-order valence-corrected chi connectivity index (χ1v) is 5.59. The van der Waals surface area contributed by atoms with E-state index in [4.69, 9.17) is 12.2 Å². The molecule has 2 rings (SSSR count). The molecule has 3 nitrogen and oxygen atoms in total. The molecule has 16 heavy (non-hydrogen) atoms. The lowest BCUT2D eigenvalue weighted by Crippen LogP contribution is -2.23. The van der Waals surface area contributed by atoms with Gasteiger partial charge in [0.15, 0.2) is 0 Å². The smallest absolute Gasteiger partial charge is 0.284 e. The van der Waals surface area contributed by atoms with Gasteiger partial charge in [0, 0.05) is 11.1 Å². The van der Waals surface area contributed by atoms with E-state index in [0.717, 1.165) is 5.56 Å². The summed E-state index contributed by atoms with van der Waals surface area (Å²) in [5.41, 5.74) is 0.827. The summed E-state index contributed by atoms with van der Waals surface area (Å²) in [5, 5.41) is 2.86. The lowest BCUT2D eigenvalue weighted by molar-refractivity contribution is 0.628. The first-order valence-electron chi connectivity index (χ1n) is 4.74. The molecule has 0 radical (unpaired) electrons. The molecule has 0 saturated carbocycles. The van der Waals surface area contributed by atoms with Crippen LogP contribution in [0, 0.1) is 4.51 Å². The van der Waals surface area contributed by atoms with Crippen LogP contribution < -0.4 is 5.56 Å². The number of hydrogen-bond acceptors (Lipinski definition) is 3. The molecular weight excluding hydrogens is 240 g/mol. The lowest BCUT2D eigenvalue weighted by atomic mass is 10.2. The normalized spacial score (nSPS) is 10.3. The topological polar surface area (TPSA) is 37.8 Å². The zero-order valence-corrected chi connectivity index (χ0v) is 10.1. The highest BCUT2D eigenvalue weighted by Crippen LogP contribution is 2.03. The Bertz CT molecular complexity index is 601. The molecule has 5 heteroatoms. The second kappa shape index (κ2) is 4.67. The van der Waals surface area contributed by atoms with Gasteiger partial charge in [0.25, 0.3) is 5.56 Å². The molecule has 82 valence electrons. The van der Waals surface area contributed by atoms with Crippen molar-refractivity contribution in [3.05, 3.63) is 57.0 Å². The monoisotopic (exact) mass is 250 g/mol. The minimum atomic E-state index is -0.216. The molecule has 1 heterocycles. The Labute approximate surface area is 103 Å². The molecule has 0 atom stereocenters. The molecule has 0 aliphatic carbocycles. The van der Waals surface area contributed by atoms with Crippen molar-refractivity contribution in [1.82, 2.24) is 9.78 Å². The first-order chi connectivity index (χ1) is 7.68. The minimum Gasteiger partial charge on any atom is -0.302 e. The van der Waals surface area contributed by atoms with Crippen LogP contribution in [-0.2, 0) is 6.54 Å². The molecule has 0 fully saturated rings. The van der Waals surface area contributed by atoms with Gasteiger partial charge in [-0.1, -0.05) is 42.5 Å². The average molecular weight is 250 g/mol. The van der Waals surface area contributed by atoms with Gasteiger partial charge in [-0.25, -0.2) is 4.68 Å². The van der Waals surface area contributed by atoms with Gasteiger partial charge in [0.05, 0.1) is 6.54 Å². The fourth-order valence-electron chi connectivity index (χ4n) is 1.38. The van der Waals surface area contributed by atoms with E-state index in [2.05, 4.69) is 17.7 Å². The Balaban J connectivity index is 2.41. The van der Waals surface area contributed by atoms with E-state index in [0.29, 0.717) is 11.4 Å². The van der Waals surface area contributed by atoms with E-state index < -0.39 is 0 Å². The molecule has 1 N–H and O–H groups in total. The third-order valence-electron chi connectivity index (χ3n) is 2.21. The van der Waals surface area contributed by atoms with Gasteiger partial charge in [0.2, 0.25) is 0 Å². The van der Waals surface area contributed by atoms with Gasteiger partial charge in [0.1, 0.15) is 4.51 Å². The van der Waals surface area contributed by atoms with Crippen LogP contribution in [0.2, 0.25) is 0 Å². The molecule has 0 saturated heterocycles. The van der Waals surface area contributed by atoms with E-state index in [-0.39, 0.29) is 10.1 Å². The van der Waals surface area contributed by atoms with Crippen LogP contribution in [0.4, 0.5) is 0 Å². The maximum atomic E-state index is 11.8. The van der Waals surface area contributed by atoms with Crippen molar-refractivity contribution in [2.75, 3.05) is 0 Å². The van der Waals surface area contributed by atoms with Gasteiger partial charge >= 0.3 is 0 Å². The summed E-state index contributed by atoms with van der Waals surface area (Å²) in [7, 11) is 0. The number of aromatic amines is 1. The molecular formula is C11H10N2OS2. The lowest BCUT2D eigenvalue weighted by Gasteiger charge is -2.06. The number of nitrogens with one attached hydrogen (secondary N) is 1. The van der Waals surface area contributed by atoms with Gasteiger partial charge in [-0.05, 0) is 5.56 Å². The Morgan fingerprint density at radius 1 is 1.31 bits per heavy atom. The second-order valence-electron chi connectivity index (χ2n) is 3.36. The fourth-order valence-corrected chi connectivity index (χ4v) is 1.70. The van der Waals surface area contributed by atoms with E-state index in [1.165, 1.54) is 4.68 Å². The molecule has 1 aromatic heterocycles. The minimum absolute atomic E-state index is 0.216. The summed E-state index contributed by atoms with van der Waals surface area (Å²) in [6, 6.07) is 9.71. The SMILES string of the molecule is O=c1c(=S)c(S)c[nH]n1Cc1ccccc1. The van der Waals surface area contributed by atoms with Crippen molar-refractivity contribution < 1.29 is 0 Å². The summed E-state index contributed by atoms with van der Waals surface area (Å²) < 4.78 is 1.72. The van der Waals surface area contributed by atoms with Crippen LogP contribution >= 0.6 is 24.8 Å². The summed E-state index contributed by atoms with van der Waals surface area (Å²) >= 11 is 9.06.